The van der Waals surface area contributed by atoms with Gasteiger partial charge in [-0.1, -0.05) is 22.4 Å². The minimum absolute atomic E-state index is 0.0994. The van der Waals surface area contributed by atoms with E-state index >= 15 is 0 Å². The summed E-state index contributed by atoms with van der Waals surface area (Å²) in [7, 11) is 0. The van der Waals surface area contributed by atoms with E-state index in [1.165, 1.54) is 12.1 Å². The Morgan fingerprint density at radius 1 is 1.47 bits per heavy atom. The zero-order valence-electron chi connectivity index (χ0n) is 9.42. The third-order valence-electron chi connectivity index (χ3n) is 3.24. The molecule has 0 aromatic heterocycles. The lowest BCUT2D eigenvalue weighted by molar-refractivity contribution is 0.463. The Morgan fingerprint density at radius 2 is 2.29 bits per heavy atom. The van der Waals surface area contributed by atoms with Gasteiger partial charge < -0.3 is 5.32 Å². The maximum atomic E-state index is 13.1. The SMILES string of the molecule is N#CC1CCCC1NCc1cc(F)ccc1Br. The summed E-state index contributed by atoms with van der Waals surface area (Å²) in [5.74, 6) is -0.129. The minimum atomic E-state index is -0.228. The largest absolute Gasteiger partial charge is 0.309 e. The highest BCUT2D eigenvalue weighted by atomic mass is 79.9. The fraction of sp³-hybridized carbons (Fsp3) is 0.462. The average Bonchev–Trinajstić information content (AvgIpc) is 2.77. The Balaban J connectivity index is 1.98. The Labute approximate surface area is 109 Å². The molecule has 17 heavy (non-hydrogen) atoms. The van der Waals surface area contributed by atoms with Crippen LogP contribution in [0.4, 0.5) is 4.39 Å². The first kappa shape index (κ1) is 12.5. The van der Waals surface area contributed by atoms with Crippen LogP contribution in [0.15, 0.2) is 22.7 Å². The molecule has 0 amide bonds. The molecule has 2 unspecified atom stereocenters. The normalized spacial score (nSPS) is 23.6. The van der Waals surface area contributed by atoms with E-state index < -0.39 is 0 Å². The summed E-state index contributed by atoms with van der Waals surface area (Å²) in [6.45, 7) is 0.598. The van der Waals surface area contributed by atoms with Crippen molar-refractivity contribution in [1.82, 2.24) is 5.32 Å². The van der Waals surface area contributed by atoms with Gasteiger partial charge in [-0.2, -0.15) is 5.26 Å². The second-order valence-electron chi connectivity index (χ2n) is 4.39. The number of halogens is 2. The highest BCUT2D eigenvalue weighted by molar-refractivity contribution is 9.10. The molecule has 1 fully saturated rings. The standard InChI is InChI=1S/C13H14BrFN2/c14-12-5-4-11(15)6-10(12)8-17-13-3-1-2-9(13)7-16/h4-6,9,13,17H,1-3,8H2. The zero-order valence-corrected chi connectivity index (χ0v) is 11.0. The van der Waals surface area contributed by atoms with Crippen LogP contribution in [0, 0.1) is 23.1 Å². The first-order valence-electron chi connectivity index (χ1n) is 5.77. The van der Waals surface area contributed by atoms with Gasteiger partial charge >= 0.3 is 0 Å². The van der Waals surface area contributed by atoms with Crippen LogP contribution in [0.1, 0.15) is 24.8 Å². The molecule has 2 nitrogen and oxygen atoms in total. The van der Waals surface area contributed by atoms with E-state index in [9.17, 15) is 4.39 Å². The van der Waals surface area contributed by atoms with Gasteiger partial charge in [0.1, 0.15) is 5.82 Å². The average molecular weight is 297 g/mol. The molecule has 0 radical (unpaired) electrons. The van der Waals surface area contributed by atoms with Gasteiger partial charge in [0.05, 0.1) is 12.0 Å². The second kappa shape index (κ2) is 5.61. The first-order chi connectivity index (χ1) is 8.20. The number of rotatable bonds is 3. The van der Waals surface area contributed by atoms with Crippen molar-refractivity contribution in [3.05, 3.63) is 34.1 Å². The number of nitrogens with zero attached hydrogens (tertiary/aromatic N) is 1. The predicted molar refractivity (Wildman–Crippen MR) is 67.7 cm³/mol. The van der Waals surface area contributed by atoms with Crippen LogP contribution in [0.25, 0.3) is 0 Å². The fourth-order valence-corrected chi connectivity index (χ4v) is 2.67. The van der Waals surface area contributed by atoms with Gasteiger partial charge in [-0.05, 0) is 36.6 Å². The van der Waals surface area contributed by atoms with Gasteiger partial charge in [0, 0.05) is 17.1 Å². The van der Waals surface area contributed by atoms with Crippen LogP contribution < -0.4 is 5.32 Å². The molecule has 1 aromatic carbocycles. The zero-order chi connectivity index (χ0) is 12.3. The number of nitriles is 1. The molecule has 2 atom stereocenters. The van der Waals surface area contributed by atoms with Crippen LogP contribution in [0.2, 0.25) is 0 Å². The van der Waals surface area contributed by atoms with Crippen molar-refractivity contribution in [2.45, 2.75) is 31.8 Å². The number of benzene rings is 1. The Bertz CT molecular complexity index is 442. The van der Waals surface area contributed by atoms with Crippen LogP contribution >= 0.6 is 15.9 Å². The van der Waals surface area contributed by atoms with Gasteiger partial charge in [0.2, 0.25) is 0 Å². The van der Waals surface area contributed by atoms with E-state index in [0.29, 0.717) is 6.54 Å². The third kappa shape index (κ3) is 3.05. The van der Waals surface area contributed by atoms with Crippen molar-refractivity contribution >= 4 is 15.9 Å². The van der Waals surface area contributed by atoms with Crippen molar-refractivity contribution in [1.29, 1.82) is 5.26 Å². The topological polar surface area (TPSA) is 35.8 Å². The molecule has 1 aliphatic carbocycles. The van der Waals surface area contributed by atoms with Gasteiger partial charge in [0.25, 0.3) is 0 Å². The number of hydrogen-bond acceptors (Lipinski definition) is 2. The van der Waals surface area contributed by atoms with Crippen molar-refractivity contribution in [2.75, 3.05) is 0 Å². The van der Waals surface area contributed by atoms with Crippen molar-refractivity contribution in [3.8, 4) is 6.07 Å². The summed E-state index contributed by atoms with van der Waals surface area (Å²) in [4.78, 5) is 0. The van der Waals surface area contributed by atoms with E-state index in [0.717, 1.165) is 29.3 Å². The fourth-order valence-electron chi connectivity index (χ4n) is 2.28. The van der Waals surface area contributed by atoms with Crippen molar-refractivity contribution in [3.63, 3.8) is 0 Å². The molecule has 90 valence electrons. The molecular weight excluding hydrogens is 283 g/mol. The van der Waals surface area contributed by atoms with E-state index in [-0.39, 0.29) is 17.8 Å². The Hall–Kier alpha value is -0.920. The monoisotopic (exact) mass is 296 g/mol. The first-order valence-corrected chi connectivity index (χ1v) is 6.57. The molecule has 0 heterocycles. The molecule has 4 heteroatoms. The van der Waals surface area contributed by atoms with Crippen LogP contribution in [-0.2, 0) is 6.54 Å². The summed E-state index contributed by atoms with van der Waals surface area (Å²) >= 11 is 3.40. The molecule has 1 N–H and O–H groups in total. The van der Waals surface area contributed by atoms with Gasteiger partial charge in [-0.25, -0.2) is 4.39 Å². The van der Waals surface area contributed by atoms with Crippen molar-refractivity contribution in [2.24, 2.45) is 5.92 Å². The van der Waals surface area contributed by atoms with E-state index in [4.69, 9.17) is 5.26 Å². The van der Waals surface area contributed by atoms with E-state index in [2.05, 4.69) is 27.3 Å². The highest BCUT2D eigenvalue weighted by Crippen LogP contribution is 2.26. The van der Waals surface area contributed by atoms with Gasteiger partial charge in [0.15, 0.2) is 0 Å². The highest BCUT2D eigenvalue weighted by Gasteiger charge is 2.26. The quantitative estimate of drug-likeness (QED) is 0.928. The predicted octanol–water partition coefficient (Wildman–Crippen LogP) is 3.37. The summed E-state index contributed by atoms with van der Waals surface area (Å²) in [6.07, 6.45) is 3.10. The Kier molecular flexibility index (Phi) is 4.14. The molecule has 0 aliphatic heterocycles. The van der Waals surface area contributed by atoms with Crippen molar-refractivity contribution < 1.29 is 4.39 Å². The molecule has 0 saturated heterocycles. The van der Waals surface area contributed by atoms with E-state index in [1.807, 2.05) is 0 Å². The molecule has 1 saturated carbocycles. The minimum Gasteiger partial charge on any atom is -0.309 e. The molecule has 1 aliphatic rings. The van der Waals surface area contributed by atoms with Crippen LogP contribution in [0.3, 0.4) is 0 Å². The molecule has 0 bridgehead atoms. The lowest BCUT2D eigenvalue weighted by atomic mass is 10.1. The molecule has 1 aromatic rings. The molecule has 0 spiro atoms. The summed E-state index contributed by atoms with van der Waals surface area (Å²) < 4.78 is 14.0. The third-order valence-corrected chi connectivity index (χ3v) is 4.02. The summed E-state index contributed by atoms with van der Waals surface area (Å²) in [5, 5.41) is 12.3. The Morgan fingerprint density at radius 3 is 3.06 bits per heavy atom. The van der Waals surface area contributed by atoms with Gasteiger partial charge in [-0.15, -0.1) is 0 Å². The smallest absolute Gasteiger partial charge is 0.123 e. The van der Waals surface area contributed by atoms with Crippen LogP contribution in [-0.4, -0.2) is 6.04 Å². The van der Waals surface area contributed by atoms with Crippen LogP contribution in [0.5, 0.6) is 0 Å². The lowest BCUT2D eigenvalue weighted by Gasteiger charge is -2.16. The lowest BCUT2D eigenvalue weighted by Crippen LogP contribution is -2.31. The molecular formula is C13H14BrFN2. The van der Waals surface area contributed by atoms with E-state index in [1.54, 1.807) is 6.07 Å². The number of nitrogens with one attached hydrogen (secondary N) is 1. The summed E-state index contributed by atoms with van der Waals surface area (Å²) in [6, 6.07) is 7.24. The van der Waals surface area contributed by atoms with Gasteiger partial charge in [-0.3, -0.25) is 0 Å². The summed E-state index contributed by atoms with van der Waals surface area (Å²) in [5.41, 5.74) is 0.897. The second-order valence-corrected chi connectivity index (χ2v) is 5.24. The maximum Gasteiger partial charge on any atom is 0.123 e. The number of hydrogen-bond donors (Lipinski definition) is 1. The maximum absolute atomic E-state index is 13.1. The molecule has 2 rings (SSSR count).